The van der Waals surface area contributed by atoms with Crippen molar-refractivity contribution in [2.45, 2.75) is 39.3 Å². The van der Waals surface area contributed by atoms with Gasteiger partial charge in [0, 0.05) is 19.6 Å². The van der Waals surface area contributed by atoms with Crippen molar-refractivity contribution in [3.63, 3.8) is 0 Å². The summed E-state index contributed by atoms with van der Waals surface area (Å²) in [5.74, 6) is 0.124. The number of carboxylic acid groups (broad SMARTS) is 1. The Morgan fingerprint density at radius 2 is 1.80 bits per heavy atom. The Morgan fingerprint density at radius 3 is 2.44 bits per heavy atom. The number of piperidine rings is 1. The molecular weight excluding hydrogens is 314 g/mol. The average Bonchev–Trinajstić information content (AvgIpc) is 2.60. The molecule has 3 rings (SSSR count). The third kappa shape index (κ3) is 4.60. The van der Waals surface area contributed by atoms with Crippen molar-refractivity contribution in [2.24, 2.45) is 0 Å². The van der Waals surface area contributed by atoms with Gasteiger partial charge in [0.2, 0.25) is 0 Å². The Kier molecular flexibility index (Phi) is 5.39. The van der Waals surface area contributed by atoms with Gasteiger partial charge in [-0.15, -0.1) is 0 Å². The van der Waals surface area contributed by atoms with Crippen molar-refractivity contribution in [1.82, 2.24) is 4.90 Å². The van der Waals surface area contributed by atoms with E-state index in [1.807, 2.05) is 12.1 Å². The number of rotatable bonds is 5. The van der Waals surface area contributed by atoms with E-state index in [1.165, 1.54) is 11.1 Å². The molecule has 0 bridgehead atoms. The van der Waals surface area contributed by atoms with E-state index in [4.69, 9.17) is 9.84 Å². The van der Waals surface area contributed by atoms with Crippen LogP contribution in [-0.2, 0) is 6.54 Å². The van der Waals surface area contributed by atoms with E-state index in [9.17, 15) is 4.79 Å². The number of hydrogen-bond donors (Lipinski definition) is 1. The number of carboxylic acids is 1. The molecule has 1 fully saturated rings. The topological polar surface area (TPSA) is 49.8 Å². The van der Waals surface area contributed by atoms with E-state index in [-0.39, 0.29) is 6.10 Å². The van der Waals surface area contributed by atoms with Gasteiger partial charge in [-0.1, -0.05) is 24.3 Å². The van der Waals surface area contributed by atoms with Gasteiger partial charge < -0.3 is 9.84 Å². The minimum absolute atomic E-state index is 0.270. The third-order valence-corrected chi connectivity index (χ3v) is 4.78. The molecule has 1 saturated heterocycles. The fraction of sp³-hybridized carbons (Fsp3) is 0.381. The first kappa shape index (κ1) is 17.5. The second-order valence-electron chi connectivity index (χ2n) is 6.86. The van der Waals surface area contributed by atoms with Crippen LogP contribution < -0.4 is 4.74 Å². The first-order valence-corrected chi connectivity index (χ1v) is 8.80. The fourth-order valence-electron chi connectivity index (χ4n) is 3.21. The maximum atomic E-state index is 10.9. The molecule has 0 radical (unpaired) electrons. The van der Waals surface area contributed by atoms with Crippen molar-refractivity contribution >= 4 is 5.97 Å². The van der Waals surface area contributed by atoms with Crippen LogP contribution in [-0.4, -0.2) is 35.2 Å². The molecule has 1 aliphatic heterocycles. The van der Waals surface area contributed by atoms with Crippen LogP contribution >= 0.6 is 0 Å². The molecule has 1 aliphatic rings. The summed E-state index contributed by atoms with van der Waals surface area (Å²) in [6.45, 7) is 7.03. The van der Waals surface area contributed by atoms with E-state index < -0.39 is 5.97 Å². The van der Waals surface area contributed by atoms with Crippen LogP contribution in [0.3, 0.4) is 0 Å². The number of nitrogens with zero attached hydrogens (tertiary/aromatic N) is 1. The van der Waals surface area contributed by atoms with Crippen molar-refractivity contribution in [1.29, 1.82) is 0 Å². The quantitative estimate of drug-likeness (QED) is 0.893. The summed E-state index contributed by atoms with van der Waals surface area (Å²) in [6, 6.07) is 13.5. The molecule has 1 N–H and O–H groups in total. The van der Waals surface area contributed by atoms with Gasteiger partial charge in [0.25, 0.3) is 0 Å². The molecule has 2 aromatic rings. The fourth-order valence-corrected chi connectivity index (χ4v) is 3.21. The van der Waals surface area contributed by atoms with Crippen LogP contribution in [0.25, 0.3) is 0 Å². The van der Waals surface area contributed by atoms with Gasteiger partial charge >= 0.3 is 5.97 Å². The molecule has 0 atom stereocenters. The normalized spacial score (nSPS) is 15.9. The Hall–Kier alpha value is -2.33. The zero-order chi connectivity index (χ0) is 17.8. The minimum Gasteiger partial charge on any atom is -0.490 e. The molecule has 2 aromatic carbocycles. The lowest BCUT2D eigenvalue weighted by Gasteiger charge is -2.32. The Bertz CT molecular complexity index is 731. The zero-order valence-corrected chi connectivity index (χ0v) is 14.9. The van der Waals surface area contributed by atoms with Crippen LogP contribution in [0.2, 0.25) is 0 Å². The number of aromatic carboxylic acids is 1. The molecule has 0 amide bonds. The predicted octanol–water partition coefficient (Wildman–Crippen LogP) is 4.05. The minimum atomic E-state index is -0.879. The Morgan fingerprint density at radius 1 is 1.12 bits per heavy atom. The second-order valence-corrected chi connectivity index (χ2v) is 6.86. The van der Waals surface area contributed by atoms with E-state index in [0.717, 1.165) is 43.8 Å². The lowest BCUT2D eigenvalue weighted by molar-refractivity contribution is 0.0696. The largest absolute Gasteiger partial charge is 0.490 e. The van der Waals surface area contributed by atoms with Gasteiger partial charge in [0.15, 0.2) is 0 Å². The van der Waals surface area contributed by atoms with Crippen LogP contribution in [0.1, 0.15) is 39.9 Å². The molecule has 0 aromatic heterocycles. The highest BCUT2D eigenvalue weighted by atomic mass is 16.5. The molecule has 25 heavy (non-hydrogen) atoms. The second kappa shape index (κ2) is 7.70. The summed E-state index contributed by atoms with van der Waals surface area (Å²) in [4.78, 5) is 13.3. The summed E-state index contributed by atoms with van der Waals surface area (Å²) in [7, 11) is 0. The first-order valence-electron chi connectivity index (χ1n) is 8.80. The van der Waals surface area contributed by atoms with Gasteiger partial charge in [-0.05, 0) is 61.6 Å². The lowest BCUT2D eigenvalue weighted by Crippen LogP contribution is -2.37. The van der Waals surface area contributed by atoms with Gasteiger partial charge in [0.05, 0.1) is 5.56 Å². The lowest BCUT2D eigenvalue weighted by atomic mass is 10.1. The highest BCUT2D eigenvalue weighted by Gasteiger charge is 2.21. The molecule has 0 spiro atoms. The highest BCUT2D eigenvalue weighted by Crippen LogP contribution is 2.24. The van der Waals surface area contributed by atoms with Gasteiger partial charge in [-0.25, -0.2) is 4.79 Å². The summed E-state index contributed by atoms with van der Waals surface area (Å²) < 4.78 is 6.22. The van der Waals surface area contributed by atoms with E-state index >= 15 is 0 Å². The number of benzene rings is 2. The summed E-state index contributed by atoms with van der Waals surface area (Å²) in [5, 5.41) is 8.96. The van der Waals surface area contributed by atoms with Crippen molar-refractivity contribution in [2.75, 3.05) is 13.1 Å². The maximum absolute atomic E-state index is 10.9. The first-order chi connectivity index (χ1) is 12.0. The maximum Gasteiger partial charge on any atom is 0.335 e. The highest BCUT2D eigenvalue weighted by molar-refractivity contribution is 5.87. The number of likely N-dealkylation sites (tertiary alicyclic amines) is 1. The number of aryl methyl sites for hydroxylation is 2. The number of hydrogen-bond acceptors (Lipinski definition) is 3. The van der Waals surface area contributed by atoms with Crippen LogP contribution in [0.4, 0.5) is 0 Å². The summed E-state index contributed by atoms with van der Waals surface area (Å²) in [6.07, 6.45) is 2.30. The van der Waals surface area contributed by atoms with E-state index in [2.05, 4.69) is 36.9 Å². The summed E-state index contributed by atoms with van der Waals surface area (Å²) >= 11 is 0. The molecule has 4 nitrogen and oxygen atoms in total. The smallest absolute Gasteiger partial charge is 0.335 e. The van der Waals surface area contributed by atoms with Gasteiger partial charge in [-0.3, -0.25) is 4.90 Å². The van der Waals surface area contributed by atoms with Crippen molar-refractivity contribution in [3.8, 4) is 5.75 Å². The standard InChI is InChI=1S/C21H25NO3/c1-15-3-4-16(2)20(13-15)25-19-9-11-22(12-10-19)14-17-5-7-18(8-6-17)21(23)24/h3-8,13,19H,9-12,14H2,1-2H3,(H,23,24). The van der Waals surface area contributed by atoms with Crippen LogP contribution in [0.15, 0.2) is 42.5 Å². The molecule has 132 valence electrons. The Labute approximate surface area is 149 Å². The zero-order valence-electron chi connectivity index (χ0n) is 14.9. The van der Waals surface area contributed by atoms with E-state index in [1.54, 1.807) is 12.1 Å². The SMILES string of the molecule is Cc1ccc(C)c(OC2CCN(Cc3ccc(C(=O)O)cc3)CC2)c1. The monoisotopic (exact) mass is 339 g/mol. The Balaban J connectivity index is 1.51. The molecule has 4 heteroatoms. The van der Waals surface area contributed by atoms with Crippen LogP contribution in [0, 0.1) is 13.8 Å². The molecule has 1 heterocycles. The van der Waals surface area contributed by atoms with E-state index in [0.29, 0.717) is 5.56 Å². The summed E-state index contributed by atoms with van der Waals surface area (Å²) in [5.41, 5.74) is 3.90. The molecule has 0 unspecified atom stereocenters. The number of ether oxygens (including phenoxy) is 1. The predicted molar refractivity (Wildman–Crippen MR) is 98.2 cm³/mol. The molecule has 0 saturated carbocycles. The van der Waals surface area contributed by atoms with Gasteiger partial charge in [0.1, 0.15) is 11.9 Å². The molecular formula is C21H25NO3. The van der Waals surface area contributed by atoms with Gasteiger partial charge in [-0.2, -0.15) is 0 Å². The average molecular weight is 339 g/mol. The number of carbonyl (C=O) groups is 1. The third-order valence-electron chi connectivity index (χ3n) is 4.78. The van der Waals surface area contributed by atoms with Crippen molar-refractivity contribution < 1.29 is 14.6 Å². The van der Waals surface area contributed by atoms with Crippen LogP contribution in [0.5, 0.6) is 5.75 Å². The molecule has 0 aliphatic carbocycles. The van der Waals surface area contributed by atoms with Crippen molar-refractivity contribution in [3.05, 3.63) is 64.7 Å².